The number of nitrogens with zero attached hydrogens (tertiary/aromatic N) is 2. The first-order valence-electron chi connectivity index (χ1n) is 6.08. The fraction of sp³-hybridized carbons (Fsp3) is 0.538. The lowest BCUT2D eigenvalue weighted by Crippen LogP contribution is -2.38. The van der Waals surface area contributed by atoms with Gasteiger partial charge in [-0.3, -0.25) is 0 Å². The van der Waals surface area contributed by atoms with Crippen LogP contribution in [0.4, 0.5) is 5.82 Å². The van der Waals surface area contributed by atoms with Crippen LogP contribution in [-0.2, 0) is 0 Å². The Morgan fingerprint density at radius 3 is 2.88 bits per heavy atom. The third-order valence-corrected chi connectivity index (χ3v) is 3.92. The van der Waals surface area contributed by atoms with Crippen molar-refractivity contribution in [2.45, 2.75) is 20.3 Å². The zero-order chi connectivity index (χ0) is 12.4. The van der Waals surface area contributed by atoms with Gasteiger partial charge < -0.3 is 10.6 Å². The molecule has 0 amide bonds. The maximum Gasteiger partial charge on any atom is 0.129 e. The van der Waals surface area contributed by atoms with Gasteiger partial charge in [-0.2, -0.15) is 0 Å². The summed E-state index contributed by atoms with van der Waals surface area (Å²) < 4.78 is 0. The van der Waals surface area contributed by atoms with Crippen molar-refractivity contribution in [3.05, 3.63) is 23.9 Å². The summed E-state index contributed by atoms with van der Waals surface area (Å²) in [4.78, 5) is 7.18. The van der Waals surface area contributed by atoms with Crippen LogP contribution in [0.25, 0.3) is 0 Å². The number of aromatic nitrogens is 1. The van der Waals surface area contributed by atoms with Crippen LogP contribution in [-0.4, -0.2) is 23.1 Å². The van der Waals surface area contributed by atoms with Gasteiger partial charge in [-0.25, -0.2) is 4.98 Å². The highest BCUT2D eigenvalue weighted by atomic mass is 32.1. The third kappa shape index (κ3) is 2.75. The fourth-order valence-electron chi connectivity index (χ4n) is 2.22. The minimum absolute atomic E-state index is 0.437. The maximum absolute atomic E-state index is 5.65. The summed E-state index contributed by atoms with van der Waals surface area (Å²) in [6, 6.07) is 3.85. The van der Waals surface area contributed by atoms with Crippen molar-refractivity contribution in [2.75, 3.05) is 18.0 Å². The van der Waals surface area contributed by atoms with E-state index in [0.717, 1.165) is 30.4 Å². The Kier molecular flexibility index (Phi) is 3.62. The number of hydrogen-bond acceptors (Lipinski definition) is 3. The van der Waals surface area contributed by atoms with E-state index in [1.54, 1.807) is 6.20 Å². The molecule has 1 fully saturated rings. The van der Waals surface area contributed by atoms with Crippen LogP contribution in [0.15, 0.2) is 18.3 Å². The Labute approximate surface area is 108 Å². The van der Waals surface area contributed by atoms with Crippen molar-refractivity contribution in [3.8, 4) is 0 Å². The van der Waals surface area contributed by atoms with E-state index in [0.29, 0.717) is 10.9 Å². The van der Waals surface area contributed by atoms with Gasteiger partial charge in [-0.05, 0) is 30.4 Å². The minimum Gasteiger partial charge on any atom is -0.389 e. The Morgan fingerprint density at radius 2 is 2.24 bits per heavy atom. The zero-order valence-corrected chi connectivity index (χ0v) is 11.2. The van der Waals surface area contributed by atoms with Gasteiger partial charge >= 0.3 is 0 Å². The van der Waals surface area contributed by atoms with Crippen LogP contribution in [0.5, 0.6) is 0 Å². The molecule has 0 bridgehead atoms. The molecule has 1 aromatic rings. The Morgan fingerprint density at radius 1 is 1.47 bits per heavy atom. The minimum atomic E-state index is 0.437. The van der Waals surface area contributed by atoms with E-state index < -0.39 is 0 Å². The summed E-state index contributed by atoms with van der Waals surface area (Å²) in [7, 11) is 0. The Bertz CT molecular complexity index is 419. The molecule has 92 valence electrons. The first kappa shape index (κ1) is 12.3. The van der Waals surface area contributed by atoms with Gasteiger partial charge in [0.05, 0.1) is 0 Å². The topological polar surface area (TPSA) is 42.1 Å². The highest BCUT2D eigenvalue weighted by Gasteiger charge is 2.23. The van der Waals surface area contributed by atoms with Gasteiger partial charge in [0.25, 0.3) is 0 Å². The number of hydrogen-bond donors (Lipinski definition) is 1. The van der Waals surface area contributed by atoms with Crippen LogP contribution < -0.4 is 10.6 Å². The van der Waals surface area contributed by atoms with Gasteiger partial charge in [0.1, 0.15) is 10.8 Å². The van der Waals surface area contributed by atoms with Crippen LogP contribution in [0.3, 0.4) is 0 Å². The summed E-state index contributed by atoms with van der Waals surface area (Å²) in [5.41, 5.74) is 6.55. The standard InChI is InChI=1S/C13H19N3S/c1-9-4-6-16(8-10(9)2)12-7-11(13(14)17)3-5-15-12/h3,5,7,9-10H,4,6,8H2,1-2H3,(H2,14,17). The molecule has 2 heterocycles. The predicted octanol–water partition coefficient (Wildman–Crippen LogP) is 2.20. The predicted molar refractivity (Wildman–Crippen MR) is 75.3 cm³/mol. The molecule has 1 aliphatic heterocycles. The summed E-state index contributed by atoms with van der Waals surface area (Å²) in [5.74, 6) is 2.50. The Balaban J connectivity index is 2.17. The normalized spacial score (nSPS) is 24.7. The molecule has 0 saturated carbocycles. The average molecular weight is 249 g/mol. The number of nitrogens with two attached hydrogens (primary N) is 1. The lowest BCUT2D eigenvalue weighted by atomic mass is 9.89. The molecule has 2 rings (SSSR count). The fourth-order valence-corrected chi connectivity index (χ4v) is 2.34. The molecule has 1 saturated heterocycles. The molecule has 0 aromatic carbocycles. The Hall–Kier alpha value is -1.16. The number of rotatable bonds is 2. The van der Waals surface area contributed by atoms with E-state index in [-0.39, 0.29) is 0 Å². The second kappa shape index (κ2) is 5.00. The highest BCUT2D eigenvalue weighted by Crippen LogP contribution is 2.26. The van der Waals surface area contributed by atoms with E-state index in [2.05, 4.69) is 23.7 Å². The molecule has 0 spiro atoms. The van der Waals surface area contributed by atoms with Crippen molar-refractivity contribution >= 4 is 23.0 Å². The molecule has 0 aliphatic carbocycles. The number of thiocarbonyl (C=S) groups is 1. The molecule has 2 atom stereocenters. The van der Waals surface area contributed by atoms with Crippen molar-refractivity contribution in [1.29, 1.82) is 0 Å². The van der Waals surface area contributed by atoms with Gasteiger partial charge in [-0.15, -0.1) is 0 Å². The van der Waals surface area contributed by atoms with Crippen LogP contribution in [0.2, 0.25) is 0 Å². The quantitative estimate of drug-likeness (QED) is 0.816. The van der Waals surface area contributed by atoms with Gasteiger partial charge in [0.15, 0.2) is 0 Å². The van der Waals surface area contributed by atoms with Crippen LogP contribution in [0, 0.1) is 11.8 Å². The lowest BCUT2D eigenvalue weighted by molar-refractivity contribution is 0.323. The first-order chi connectivity index (χ1) is 8.08. The van der Waals surface area contributed by atoms with E-state index in [4.69, 9.17) is 18.0 Å². The molecule has 0 radical (unpaired) electrons. The summed E-state index contributed by atoms with van der Waals surface area (Å²) in [6.45, 7) is 6.75. The molecule has 2 unspecified atom stereocenters. The van der Waals surface area contributed by atoms with E-state index in [1.807, 2.05) is 12.1 Å². The third-order valence-electron chi connectivity index (χ3n) is 3.69. The summed E-state index contributed by atoms with van der Waals surface area (Å²) in [5, 5.41) is 0. The maximum atomic E-state index is 5.65. The van der Waals surface area contributed by atoms with E-state index in [1.165, 1.54) is 6.42 Å². The molecule has 2 N–H and O–H groups in total. The second-order valence-corrected chi connectivity index (χ2v) is 5.40. The molecule has 1 aliphatic rings. The van der Waals surface area contributed by atoms with E-state index >= 15 is 0 Å². The summed E-state index contributed by atoms with van der Waals surface area (Å²) in [6.07, 6.45) is 3.01. The zero-order valence-electron chi connectivity index (χ0n) is 10.4. The molecule has 17 heavy (non-hydrogen) atoms. The van der Waals surface area contributed by atoms with Gasteiger partial charge in [0.2, 0.25) is 0 Å². The summed E-state index contributed by atoms with van der Waals surface area (Å²) >= 11 is 5.00. The number of piperidine rings is 1. The van der Waals surface area contributed by atoms with E-state index in [9.17, 15) is 0 Å². The van der Waals surface area contributed by atoms with Crippen LogP contribution in [0.1, 0.15) is 25.8 Å². The number of pyridine rings is 1. The largest absolute Gasteiger partial charge is 0.389 e. The average Bonchev–Trinajstić information content (AvgIpc) is 2.33. The highest BCUT2D eigenvalue weighted by molar-refractivity contribution is 7.80. The van der Waals surface area contributed by atoms with Crippen molar-refractivity contribution < 1.29 is 0 Å². The number of anilines is 1. The molecule has 3 nitrogen and oxygen atoms in total. The van der Waals surface area contributed by atoms with Gasteiger partial charge in [0, 0.05) is 24.8 Å². The monoisotopic (exact) mass is 249 g/mol. The molecular formula is C13H19N3S. The van der Waals surface area contributed by atoms with Crippen molar-refractivity contribution in [2.24, 2.45) is 17.6 Å². The van der Waals surface area contributed by atoms with Crippen molar-refractivity contribution in [3.63, 3.8) is 0 Å². The molecule has 4 heteroatoms. The van der Waals surface area contributed by atoms with Crippen molar-refractivity contribution in [1.82, 2.24) is 4.98 Å². The SMILES string of the molecule is CC1CCN(c2cc(C(N)=S)ccn2)CC1C. The van der Waals surface area contributed by atoms with Gasteiger partial charge in [-0.1, -0.05) is 26.1 Å². The second-order valence-electron chi connectivity index (χ2n) is 4.96. The molecular weight excluding hydrogens is 230 g/mol. The molecule has 1 aromatic heterocycles. The lowest BCUT2D eigenvalue weighted by Gasteiger charge is -2.36. The van der Waals surface area contributed by atoms with Crippen LogP contribution >= 0.6 is 12.2 Å². The first-order valence-corrected chi connectivity index (χ1v) is 6.49. The smallest absolute Gasteiger partial charge is 0.129 e.